The Morgan fingerprint density at radius 2 is 1.41 bits per heavy atom. The Labute approximate surface area is 246 Å². The Bertz CT molecular complexity index is 1310. The predicted octanol–water partition coefficient (Wildman–Crippen LogP) is 5.60. The fourth-order valence-corrected chi connectivity index (χ4v) is 11.8. The van der Waals surface area contributed by atoms with Crippen LogP contribution in [-0.2, 0) is 46.7 Å². The Balaban J connectivity index is 1.30. The Hall–Kier alpha value is -2.11. The van der Waals surface area contributed by atoms with Crippen LogP contribution in [0.2, 0.25) is 16.0 Å². The van der Waals surface area contributed by atoms with Gasteiger partial charge in [-0.2, -0.15) is 0 Å². The molecule has 0 spiro atoms. The van der Waals surface area contributed by atoms with Crippen LogP contribution in [0.25, 0.3) is 0 Å². The number of hydrogen-bond donors (Lipinski definition) is 1. The average Bonchev–Trinajstić information content (AvgIpc) is 2.97. The summed E-state index contributed by atoms with van der Waals surface area (Å²) in [6.45, 7) is 3.20. The van der Waals surface area contributed by atoms with Crippen molar-refractivity contribution >= 4 is 24.3 Å². The van der Waals surface area contributed by atoms with Gasteiger partial charge in [0.25, 0.3) is 0 Å². The number of benzene rings is 3. The first kappa shape index (κ1) is 30.4. The van der Waals surface area contributed by atoms with Crippen LogP contribution >= 0.6 is 0 Å². The van der Waals surface area contributed by atoms with Gasteiger partial charge in [0.1, 0.15) is 0 Å². The Kier molecular flexibility index (Phi) is 10.6. The molecule has 0 saturated carbocycles. The second-order valence-corrected chi connectivity index (χ2v) is 16.2. The minimum atomic E-state index is -4.67. The summed E-state index contributed by atoms with van der Waals surface area (Å²) in [5.41, 5.74) is 3.06. The third kappa shape index (κ3) is 8.94. The van der Waals surface area contributed by atoms with E-state index in [1.165, 1.54) is 0 Å². The molecule has 0 aromatic heterocycles. The SMILES string of the molecule is C[C@@H]1C[Se+](C[C@@H]2OC(c3ccccc3)OC[C@H]2OS(=O)(=O)O)C[C@H](OCc2ccccc2)[C@H]1OCc1ccccc1. The first-order valence-corrected chi connectivity index (χ1v) is 18.8. The molecule has 2 heterocycles. The van der Waals surface area contributed by atoms with Gasteiger partial charge in [-0.15, -0.1) is 0 Å². The van der Waals surface area contributed by atoms with E-state index in [1.54, 1.807) is 0 Å². The number of ether oxygens (including phenoxy) is 4. The maximum absolute atomic E-state index is 11.6. The van der Waals surface area contributed by atoms with Crippen LogP contribution in [0.5, 0.6) is 0 Å². The molecule has 10 heteroatoms. The molecule has 2 aliphatic heterocycles. The third-order valence-electron chi connectivity index (χ3n) is 7.26. The zero-order valence-electron chi connectivity index (χ0n) is 23.0. The van der Waals surface area contributed by atoms with Crippen molar-refractivity contribution in [1.29, 1.82) is 0 Å². The fraction of sp³-hybridized carbons (Fsp3) is 0.419. The summed E-state index contributed by atoms with van der Waals surface area (Å²) in [7, 11) is -4.67. The van der Waals surface area contributed by atoms with Gasteiger partial charge in [0.05, 0.1) is 0 Å². The molecule has 0 bridgehead atoms. The Morgan fingerprint density at radius 1 is 0.829 bits per heavy atom. The zero-order chi connectivity index (χ0) is 28.7. The minimum absolute atomic E-state index is 0.00476. The molecule has 2 unspecified atom stereocenters. The van der Waals surface area contributed by atoms with Crippen molar-refractivity contribution in [3.8, 4) is 0 Å². The number of hydrogen-bond acceptors (Lipinski definition) is 7. The van der Waals surface area contributed by atoms with Crippen LogP contribution in [-0.4, -0.2) is 57.9 Å². The van der Waals surface area contributed by atoms with Gasteiger partial charge in [-0.05, 0) is 0 Å². The summed E-state index contributed by atoms with van der Waals surface area (Å²) in [6, 6.07) is 29.8. The zero-order valence-corrected chi connectivity index (χ0v) is 25.5. The van der Waals surface area contributed by atoms with Crippen molar-refractivity contribution < 1.29 is 36.1 Å². The van der Waals surface area contributed by atoms with Crippen LogP contribution in [0.4, 0.5) is 0 Å². The molecule has 2 aliphatic rings. The van der Waals surface area contributed by atoms with Crippen molar-refractivity contribution in [3.05, 3.63) is 108 Å². The predicted molar refractivity (Wildman–Crippen MR) is 156 cm³/mol. The van der Waals surface area contributed by atoms with Crippen molar-refractivity contribution in [1.82, 2.24) is 0 Å². The van der Waals surface area contributed by atoms with Gasteiger partial charge in [0, 0.05) is 0 Å². The topological polar surface area (TPSA) is 101 Å². The van der Waals surface area contributed by atoms with Gasteiger partial charge in [-0.1, -0.05) is 0 Å². The van der Waals surface area contributed by atoms with Gasteiger partial charge >= 0.3 is 247 Å². The first-order valence-electron chi connectivity index (χ1n) is 13.8. The molecule has 0 radical (unpaired) electrons. The van der Waals surface area contributed by atoms with E-state index in [0.29, 0.717) is 18.5 Å². The fourth-order valence-electron chi connectivity index (χ4n) is 5.31. The van der Waals surface area contributed by atoms with Crippen molar-refractivity contribution in [2.45, 2.75) is 66.8 Å². The molecular formula is C31H37O8SSe+. The van der Waals surface area contributed by atoms with Crippen LogP contribution in [0, 0.1) is 5.92 Å². The molecule has 5 rings (SSSR count). The van der Waals surface area contributed by atoms with E-state index in [0.717, 1.165) is 27.3 Å². The van der Waals surface area contributed by atoms with E-state index in [2.05, 4.69) is 31.2 Å². The normalized spacial score (nSPS) is 28.8. The van der Waals surface area contributed by atoms with Crippen LogP contribution in [0.1, 0.15) is 29.9 Å². The molecule has 7 atom stereocenters. The van der Waals surface area contributed by atoms with E-state index in [1.807, 2.05) is 66.7 Å². The van der Waals surface area contributed by atoms with E-state index in [-0.39, 0.29) is 24.7 Å². The van der Waals surface area contributed by atoms with Gasteiger partial charge in [-0.3, -0.25) is 0 Å². The number of rotatable bonds is 11. The van der Waals surface area contributed by atoms with Crippen LogP contribution in [0.15, 0.2) is 91.0 Å². The molecule has 41 heavy (non-hydrogen) atoms. The second kappa shape index (κ2) is 14.4. The van der Waals surface area contributed by atoms with Gasteiger partial charge < -0.3 is 0 Å². The summed E-state index contributed by atoms with van der Waals surface area (Å²) in [4.78, 5) is 0. The molecule has 0 aliphatic carbocycles. The van der Waals surface area contributed by atoms with Crippen molar-refractivity contribution in [2.24, 2.45) is 5.92 Å². The van der Waals surface area contributed by atoms with Gasteiger partial charge in [-0.25, -0.2) is 0 Å². The summed E-state index contributed by atoms with van der Waals surface area (Å²) >= 11 is -1.38. The Morgan fingerprint density at radius 3 is 2.02 bits per heavy atom. The summed E-state index contributed by atoms with van der Waals surface area (Å²) < 4.78 is 62.9. The molecule has 2 saturated heterocycles. The van der Waals surface area contributed by atoms with Crippen LogP contribution < -0.4 is 0 Å². The summed E-state index contributed by atoms with van der Waals surface area (Å²) in [5.74, 6) is 0.240. The summed E-state index contributed by atoms with van der Waals surface area (Å²) in [5, 5.41) is 2.46. The molecule has 3 aromatic rings. The quantitative estimate of drug-likeness (QED) is 0.212. The molecule has 8 nitrogen and oxygen atoms in total. The molecule has 1 N–H and O–H groups in total. The molecule has 3 aromatic carbocycles. The first-order chi connectivity index (χ1) is 19.8. The summed E-state index contributed by atoms with van der Waals surface area (Å²) in [6.07, 6.45) is -2.30. The third-order valence-corrected chi connectivity index (χ3v) is 13.2. The molecule has 2 fully saturated rings. The molecule has 220 valence electrons. The van der Waals surface area contributed by atoms with Gasteiger partial charge in [0.2, 0.25) is 0 Å². The molecular weight excluding hydrogens is 611 g/mol. The van der Waals surface area contributed by atoms with E-state index < -0.39 is 42.8 Å². The monoisotopic (exact) mass is 649 g/mol. The van der Waals surface area contributed by atoms with Crippen molar-refractivity contribution in [3.63, 3.8) is 0 Å². The van der Waals surface area contributed by atoms with Gasteiger partial charge in [0.15, 0.2) is 0 Å². The van der Waals surface area contributed by atoms with E-state index in [4.69, 9.17) is 23.1 Å². The second-order valence-electron chi connectivity index (χ2n) is 10.5. The maximum atomic E-state index is 11.6. The standard InChI is InChI=1S/C31H36O8SSe/c1-23-20-41(21-28-27(39-40(32,33)34)19-37-31(38-28)26-15-9-4-10-16-26)22-29(35-17-24-11-5-2-6-12-24)30(23)36-18-25-13-7-3-8-14-25/h2-16,23,27-31H,17-22H2,1H3/p+1/t23-,27-,28+,29+,30+,31?,41?/m1/s1. The average molecular weight is 649 g/mol. The van der Waals surface area contributed by atoms with E-state index >= 15 is 0 Å². The van der Waals surface area contributed by atoms with Crippen LogP contribution in [0.3, 0.4) is 0 Å². The molecule has 0 amide bonds. The van der Waals surface area contributed by atoms with Crippen molar-refractivity contribution in [2.75, 3.05) is 6.61 Å². The van der Waals surface area contributed by atoms with E-state index in [9.17, 15) is 13.0 Å².